The highest BCUT2D eigenvalue weighted by Gasteiger charge is 2.14. The number of rotatable bonds is 2. The van der Waals surface area contributed by atoms with Crippen molar-refractivity contribution in [3.05, 3.63) is 24.8 Å². The van der Waals surface area contributed by atoms with Crippen LogP contribution in [-0.2, 0) is 0 Å². The summed E-state index contributed by atoms with van der Waals surface area (Å²) in [6, 6.07) is 1.87. The van der Waals surface area contributed by atoms with Crippen LogP contribution in [0.2, 0.25) is 0 Å². The van der Waals surface area contributed by atoms with Gasteiger partial charge in [0.1, 0.15) is 5.52 Å². The topological polar surface area (TPSA) is 74.2 Å². The Hall–Kier alpha value is -2.08. The van der Waals surface area contributed by atoms with Gasteiger partial charge in [-0.1, -0.05) is 11.3 Å². The Balaban J connectivity index is 2.34. The minimum absolute atomic E-state index is 0.486. The molecule has 0 aliphatic heterocycles. The molecule has 0 amide bonds. The first-order valence-corrected chi connectivity index (χ1v) is 5.73. The Kier molecular flexibility index (Phi) is 2.22. The SMILES string of the molecule is COc1ncc(-c2ccoc2)c2sc(N)nc12. The molecule has 0 spiro atoms. The molecule has 3 aromatic heterocycles. The van der Waals surface area contributed by atoms with Crippen LogP contribution >= 0.6 is 11.3 Å². The fraction of sp³-hybridized carbons (Fsp3) is 0.0909. The summed E-state index contributed by atoms with van der Waals surface area (Å²) in [5.74, 6) is 0.486. The van der Waals surface area contributed by atoms with Gasteiger partial charge in [-0.05, 0) is 6.07 Å². The molecule has 3 heterocycles. The number of hydrogen-bond acceptors (Lipinski definition) is 6. The Morgan fingerprint density at radius 1 is 1.47 bits per heavy atom. The third kappa shape index (κ3) is 1.53. The quantitative estimate of drug-likeness (QED) is 0.753. The number of pyridine rings is 1. The number of hydrogen-bond donors (Lipinski definition) is 1. The second-order valence-corrected chi connectivity index (χ2v) is 4.45. The lowest BCUT2D eigenvalue weighted by Crippen LogP contribution is -1.90. The van der Waals surface area contributed by atoms with Gasteiger partial charge in [0.15, 0.2) is 5.13 Å². The number of anilines is 1. The normalized spacial score (nSPS) is 10.9. The minimum Gasteiger partial charge on any atom is -0.479 e. The Bertz CT molecular complexity index is 661. The molecule has 0 saturated heterocycles. The fourth-order valence-corrected chi connectivity index (χ4v) is 2.54. The maximum Gasteiger partial charge on any atom is 0.241 e. The van der Waals surface area contributed by atoms with Gasteiger partial charge < -0.3 is 14.9 Å². The smallest absolute Gasteiger partial charge is 0.241 e. The fourth-order valence-electron chi connectivity index (χ4n) is 1.68. The number of nitrogens with zero attached hydrogens (tertiary/aromatic N) is 2. The van der Waals surface area contributed by atoms with Crippen molar-refractivity contribution in [1.82, 2.24) is 9.97 Å². The van der Waals surface area contributed by atoms with Gasteiger partial charge in [-0.15, -0.1) is 0 Å². The molecule has 17 heavy (non-hydrogen) atoms. The molecule has 6 heteroatoms. The number of ether oxygens (including phenoxy) is 1. The van der Waals surface area contributed by atoms with Crippen LogP contribution in [0.1, 0.15) is 0 Å². The zero-order chi connectivity index (χ0) is 11.8. The van der Waals surface area contributed by atoms with Crippen LogP contribution in [-0.4, -0.2) is 17.1 Å². The van der Waals surface area contributed by atoms with Crippen molar-refractivity contribution in [2.24, 2.45) is 0 Å². The molecule has 86 valence electrons. The number of furan rings is 1. The lowest BCUT2D eigenvalue weighted by molar-refractivity contribution is 0.402. The van der Waals surface area contributed by atoms with Crippen LogP contribution in [0.25, 0.3) is 21.3 Å². The highest BCUT2D eigenvalue weighted by atomic mass is 32.1. The molecule has 0 fully saturated rings. The second-order valence-electron chi connectivity index (χ2n) is 3.42. The summed E-state index contributed by atoms with van der Waals surface area (Å²) in [5, 5.41) is 0.496. The average molecular weight is 247 g/mol. The molecule has 3 rings (SSSR count). The average Bonchev–Trinajstić information content (AvgIpc) is 2.95. The van der Waals surface area contributed by atoms with E-state index in [-0.39, 0.29) is 0 Å². The number of aromatic nitrogens is 2. The van der Waals surface area contributed by atoms with E-state index in [0.29, 0.717) is 16.5 Å². The molecule has 2 N–H and O–H groups in total. The van der Waals surface area contributed by atoms with Crippen LogP contribution in [0.4, 0.5) is 5.13 Å². The number of methoxy groups -OCH3 is 1. The number of nitrogens with two attached hydrogens (primary N) is 1. The van der Waals surface area contributed by atoms with Gasteiger partial charge in [0.05, 0.1) is 24.3 Å². The Labute approximate surface area is 101 Å². The van der Waals surface area contributed by atoms with E-state index < -0.39 is 0 Å². The van der Waals surface area contributed by atoms with E-state index in [4.69, 9.17) is 14.9 Å². The van der Waals surface area contributed by atoms with Gasteiger partial charge in [0.25, 0.3) is 0 Å². The number of fused-ring (bicyclic) bond motifs is 1. The predicted molar refractivity (Wildman–Crippen MR) is 66.1 cm³/mol. The Morgan fingerprint density at radius 3 is 3.06 bits per heavy atom. The van der Waals surface area contributed by atoms with Crippen molar-refractivity contribution < 1.29 is 9.15 Å². The van der Waals surface area contributed by atoms with E-state index >= 15 is 0 Å². The monoisotopic (exact) mass is 247 g/mol. The summed E-state index contributed by atoms with van der Waals surface area (Å²) in [6.45, 7) is 0. The summed E-state index contributed by atoms with van der Waals surface area (Å²) in [4.78, 5) is 8.45. The van der Waals surface area contributed by atoms with E-state index in [9.17, 15) is 0 Å². The third-order valence-corrected chi connectivity index (χ3v) is 3.35. The van der Waals surface area contributed by atoms with Crippen molar-refractivity contribution in [2.45, 2.75) is 0 Å². The molecule has 0 atom stereocenters. The van der Waals surface area contributed by atoms with Gasteiger partial charge in [-0.3, -0.25) is 0 Å². The largest absolute Gasteiger partial charge is 0.479 e. The maximum absolute atomic E-state index is 5.74. The van der Waals surface area contributed by atoms with Crippen molar-refractivity contribution >= 4 is 26.7 Å². The summed E-state index contributed by atoms with van der Waals surface area (Å²) in [7, 11) is 1.56. The lowest BCUT2D eigenvalue weighted by Gasteiger charge is -2.02. The maximum atomic E-state index is 5.74. The zero-order valence-corrected chi connectivity index (χ0v) is 9.82. The van der Waals surface area contributed by atoms with Crippen LogP contribution in [0, 0.1) is 0 Å². The van der Waals surface area contributed by atoms with Crippen LogP contribution in [0.5, 0.6) is 5.88 Å². The van der Waals surface area contributed by atoms with Crippen molar-refractivity contribution in [2.75, 3.05) is 12.8 Å². The molecule has 0 saturated carbocycles. The van der Waals surface area contributed by atoms with E-state index in [0.717, 1.165) is 15.8 Å². The van der Waals surface area contributed by atoms with Crippen molar-refractivity contribution in [1.29, 1.82) is 0 Å². The van der Waals surface area contributed by atoms with Crippen molar-refractivity contribution in [3.8, 4) is 17.0 Å². The van der Waals surface area contributed by atoms with E-state index in [1.807, 2.05) is 6.07 Å². The first kappa shape index (κ1) is 10.1. The first-order valence-electron chi connectivity index (χ1n) is 4.91. The lowest BCUT2D eigenvalue weighted by atomic mass is 10.1. The van der Waals surface area contributed by atoms with Crippen LogP contribution < -0.4 is 10.5 Å². The minimum atomic E-state index is 0.486. The van der Waals surface area contributed by atoms with Gasteiger partial charge in [-0.2, -0.15) is 0 Å². The van der Waals surface area contributed by atoms with E-state index in [2.05, 4.69) is 9.97 Å². The van der Waals surface area contributed by atoms with Gasteiger partial charge >= 0.3 is 0 Å². The zero-order valence-electron chi connectivity index (χ0n) is 9.01. The summed E-state index contributed by atoms with van der Waals surface area (Å²) >= 11 is 1.41. The van der Waals surface area contributed by atoms with Crippen molar-refractivity contribution in [3.63, 3.8) is 0 Å². The summed E-state index contributed by atoms with van der Waals surface area (Å²) in [6.07, 6.45) is 5.03. The molecule has 0 aliphatic carbocycles. The molecular weight excluding hydrogens is 238 g/mol. The molecule has 0 bridgehead atoms. The highest BCUT2D eigenvalue weighted by Crippen LogP contribution is 2.37. The van der Waals surface area contributed by atoms with E-state index in [1.54, 1.807) is 25.8 Å². The Morgan fingerprint density at radius 2 is 2.35 bits per heavy atom. The molecule has 0 aliphatic rings. The molecule has 3 aromatic rings. The molecule has 0 unspecified atom stereocenters. The molecular formula is C11H9N3O2S. The summed E-state index contributed by atoms with van der Waals surface area (Å²) in [5.41, 5.74) is 8.33. The van der Waals surface area contributed by atoms with Gasteiger partial charge in [0, 0.05) is 17.3 Å². The number of thiazole rings is 1. The van der Waals surface area contributed by atoms with Crippen LogP contribution in [0.15, 0.2) is 29.2 Å². The standard InChI is InChI=1S/C11H9N3O2S/c1-15-10-8-9(17-11(12)14-8)7(4-13-10)6-2-3-16-5-6/h2-5H,1H3,(H2,12,14). The summed E-state index contributed by atoms with van der Waals surface area (Å²) < 4.78 is 11.2. The third-order valence-electron chi connectivity index (χ3n) is 2.43. The predicted octanol–water partition coefficient (Wildman–Crippen LogP) is 2.54. The van der Waals surface area contributed by atoms with Gasteiger partial charge in [-0.25, -0.2) is 9.97 Å². The molecule has 0 aromatic carbocycles. The second kappa shape index (κ2) is 3.74. The number of nitrogen functional groups attached to an aromatic ring is 1. The first-order chi connectivity index (χ1) is 8.29. The van der Waals surface area contributed by atoms with Gasteiger partial charge in [0.2, 0.25) is 5.88 Å². The molecule has 5 nitrogen and oxygen atoms in total. The van der Waals surface area contributed by atoms with E-state index in [1.165, 1.54) is 11.3 Å². The highest BCUT2D eigenvalue weighted by molar-refractivity contribution is 7.22. The van der Waals surface area contributed by atoms with Crippen LogP contribution in [0.3, 0.4) is 0 Å². The molecule has 0 radical (unpaired) electrons.